The van der Waals surface area contributed by atoms with E-state index in [1.54, 1.807) is 14.4 Å². The molecule has 3 saturated carbocycles. The van der Waals surface area contributed by atoms with E-state index < -0.39 is 21.3 Å². The van der Waals surface area contributed by atoms with E-state index in [9.17, 15) is 0 Å². The van der Waals surface area contributed by atoms with Crippen LogP contribution in [-0.4, -0.2) is 3.21 Å². The number of hydrogen-bond donors (Lipinski definition) is 0. The van der Waals surface area contributed by atoms with E-state index in [0.717, 1.165) is 0 Å². The number of fused-ring (bicyclic) bond motifs is 8. The topological polar surface area (TPSA) is 0 Å². The predicted octanol–water partition coefficient (Wildman–Crippen LogP) is 7.53. The Morgan fingerprint density at radius 2 is 1.25 bits per heavy atom. The summed E-state index contributed by atoms with van der Waals surface area (Å²) in [6.45, 7) is 29.3. The Morgan fingerprint density at radius 3 is 1.85 bits per heavy atom. The van der Waals surface area contributed by atoms with Crippen LogP contribution in [0.25, 0.3) is 0 Å². The molecule has 0 aromatic heterocycles. The largest absolute Gasteiger partial charge is 1.00 e. The first-order chi connectivity index (χ1) is 24.0. The van der Waals surface area contributed by atoms with Crippen LogP contribution in [0.4, 0.5) is 0 Å². The second kappa shape index (κ2) is 13.3. The first kappa shape index (κ1) is 41.1. The van der Waals surface area contributed by atoms with Gasteiger partial charge in [0, 0.05) is 0 Å². The maximum atomic E-state index is 2.85. The van der Waals surface area contributed by atoms with Crippen LogP contribution in [-0.2, 0) is 21.3 Å². The van der Waals surface area contributed by atoms with Crippen molar-refractivity contribution in [2.45, 2.75) is 112 Å². The molecule has 0 bridgehead atoms. The van der Waals surface area contributed by atoms with Gasteiger partial charge in [-0.25, -0.2) is 0 Å². The molecule has 0 heterocycles. The summed E-state index contributed by atoms with van der Waals surface area (Å²) in [5, 5.41) is 0. The van der Waals surface area contributed by atoms with Crippen LogP contribution in [0.1, 0.15) is 114 Å². The van der Waals surface area contributed by atoms with Gasteiger partial charge in [-0.05, 0) is 0 Å². The zero-order valence-corrected chi connectivity index (χ0v) is 38.4. The molecule has 0 radical (unpaired) electrons. The van der Waals surface area contributed by atoms with Gasteiger partial charge in [0.25, 0.3) is 0 Å². The maximum absolute atomic E-state index is 2.85. The molecule has 0 N–H and O–H groups in total. The molecule has 0 aliphatic heterocycles. The molecule has 0 nitrogen and oxygen atoms in total. The van der Waals surface area contributed by atoms with Crippen LogP contribution in [0.15, 0.2) is 124 Å². The summed E-state index contributed by atoms with van der Waals surface area (Å²) < 4.78 is 4.17. The molecule has 8 rings (SSSR count). The smallest absolute Gasteiger partial charge is 1.00 e. The van der Waals surface area contributed by atoms with Crippen LogP contribution in [0.2, 0.25) is 3.63 Å². The van der Waals surface area contributed by atoms with Gasteiger partial charge in [0.05, 0.1) is 0 Å². The SMILES string of the molecule is CC1=CC=CC2[CH](/[Zr+2]([C]3=CC(C4(C)CCCCC4)=CC3C)=[C](/C)c3ccccc3)C3(C)C4(C)C=CC=CC4(C)C4(C)C=CC=CC4(C)C3(C)C12C.[Cl-].[Cl-]. The number of allylic oxidation sites excluding steroid dienone is 16. The van der Waals surface area contributed by atoms with Gasteiger partial charge in [0.1, 0.15) is 0 Å². The van der Waals surface area contributed by atoms with Crippen LogP contribution in [0.5, 0.6) is 0 Å². The minimum Gasteiger partial charge on any atom is -1.00 e. The quantitative estimate of drug-likeness (QED) is 0.295. The predicted molar refractivity (Wildman–Crippen MR) is 216 cm³/mol. The summed E-state index contributed by atoms with van der Waals surface area (Å²) in [4.78, 5) is 0. The van der Waals surface area contributed by atoms with Gasteiger partial charge >= 0.3 is 321 Å². The number of rotatable bonds is 4. The molecule has 1 aromatic rings. The molecule has 1 aromatic carbocycles. The molecular weight excluding hydrogens is 763 g/mol. The van der Waals surface area contributed by atoms with Crippen LogP contribution < -0.4 is 24.8 Å². The summed E-state index contributed by atoms with van der Waals surface area (Å²) in [6, 6.07) is 11.7. The van der Waals surface area contributed by atoms with Crippen molar-refractivity contribution in [3.8, 4) is 0 Å². The number of benzene rings is 1. The average molecular weight is 827 g/mol. The fourth-order valence-corrected chi connectivity index (χ4v) is 26.0. The molecule has 53 heavy (non-hydrogen) atoms. The third-order valence-corrected chi connectivity index (χ3v) is 28.2. The fraction of sp³-hybridized carbons (Fsp3) is 0.540. The van der Waals surface area contributed by atoms with Crippen molar-refractivity contribution in [2.75, 3.05) is 0 Å². The van der Waals surface area contributed by atoms with E-state index in [2.05, 4.69) is 185 Å². The van der Waals surface area contributed by atoms with Crippen molar-refractivity contribution >= 4 is 3.21 Å². The Bertz CT molecular complexity index is 1950. The van der Waals surface area contributed by atoms with Gasteiger partial charge in [-0.15, -0.1) is 0 Å². The molecule has 0 amide bonds. The number of hydrogen-bond acceptors (Lipinski definition) is 0. The van der Waals surface area contributed by atoms with Gasteiger partial charge in [-0.1, -0.05) is 0 Å². The van der Waals surface area contributed by atoms with Crippen molar-refractivity contribution in [1.29, 1.82) is 0 Å². The van der Waals surface area contributed by atoms with Crippen molar-refractivity contribution in [3.63, 3.8) is 0 Å². The van der Waals surface area contributed by atoms with Gasteiger partial charge in [0.2, 0.25) is 0 Å². The van der Waals surface area contributed by atoms with Crippen molar-refractivity contribution in [3.05, 3.63) is 129 Å². The summed E-state index contributed by atoms with van der Waals surface area (Å²) >= 11 is -2.82. The molecule has 282 valence electrons. The monoisotopic (exact) mass is 824 g/mol. The minimum absolute atomic E-state index is 0. The average Bonchev–Trinajstić information content (AvgIpc) is 3.58. The Morgan fingerprint density at radius 1 is 0.698 bits per heavy atom. The number of halogens is 2. The Hall–Kier alpha value is -1.53. The van der Waals surface area contributed by atoms with Crippen molar-refractivity contribution in [2.24, 2.45) is 55.2 Å². The second-order valence-corrected chi connectivity index (χ2v) is 26.4. The molecule has 3 heteroatoms. The van der Waals surface area contributed by atoms with Crippen LogP contribution in [0, 0.1) is 55.2 Å². The second-order valence-electron chi connectivity index (χ2n) is 19.5. The normalized spacial score (nSPS) is 44.2. The van der Waals surface area contributed by atoms with Crippen LogP contribution in [0.3, 0.4) is 0 Å². The van der Waals surface area contributed by atoms with E-state index in [4.69, 9.17) is 0 Å². The third kappa shape index (κ3) is 4.66. The fourth-order valence-electron chi connectivity index (χ4n) is 14.7. The standard InChI is InChI=1S/C29H37.C13H19.C8H8.2ClH.Zr/c1-21-14-13-15-22-20-27(6)25(4)18-10-9-16-23(25,2)24(3)17-11-12-19-26(24,5)29(27,8)28(21,22)7;1-11-6-7-12(10-11)13(2)8-4-3-5-9-13;1-2-8-6-4-3-5-7-8;;;/h9-20,22H,1-8H3;7,10-11H,3-5,8-9H2,1-2H3;3-7H,1H3;2*1H;/q;;;;;+2/p-2. The van der Waals surface area contributed by atoms with Gasteiger partial charge in [-0.3, -0.25) is 0 Å². The maximum Gasteiger partial charge on any atom is -1.00 e. The summed E-state index contributed by atoms with van der Waals surface area (Å²) in [5.41, 5.74) is 4.66. The Labute approximate surface area is 343 Å². The first-order valence-corrected chi connectivity index (χ1v) is 24.2. The Balaban J connectivity index is 0.00000240. The molecule has 7 aliphatic carbocycles. The minimum atomic E-state index is -2.82. The zero-order valence-electron chi connectivity index (χ0n) is 34.4. The molecule has 3 fully saturated rings. The molecule has 0 spiro atoms. The van der Waals surface area contributed by atoms with Gasteiger partial charge in [0.15, 0.2) is 0 Å². The van der Waals surface area contributed by atoms with E-state index in [-0.39, 0.29) is 62.7 Å². The van der Waals surface area contributed by atoms with Gasteiger partial charge < -0.3 is 24.8 Å². The van der Waals surface area contributed by atoms with E-state index in [1.807, 2.05) is 3.28 Å². The summed E-state index contributed by atoms with van der Waals surface area (Å²) in [7, 11) is 0. The van der Waals surface area contributed by atoms with Crippen molar-refractivity contribution < 1.29 is 46.1 Å². The third-order valence-electron chi connectivity index (χ3n) is 18.6. The van der Waals surface area contributed by atoms with E-state index >= 15 is 0 Å². The molecule has 10 unspecified atom stereocenters. The summed E-state index contributed by atoms with van der Waals surface area (Å²) in [6.07, 6.45) is 40.4. The molecule has 7 aliphatic rings. The summed E-state index contributed by atoms with van der Waals surface area (Å²) in [5.74, 6) is 0.965. The van der Waals surface area contributed by atoms with Crippen LogP contribution >= 0.6 is 0 Å². The molecule has 10 atom stereocenters. The van der Waals surface area contributed by atoms with E-state index in [0.29, 0.717) is 20.9 Å². The zero-order chi connectivity index (χ0) is 36.5. The van der Waals surface area contributed by atoms with Crippen molar-refractivity contribution in [1.82, 2.24) is 0 Å². The molecule has 0 saturated heterocycles. The van der Waals surface area contributed by atoms with Gasteiger partial charge in [-0.2, -0.15) is 0 Å². The molecular formula is C50H64Cl2Zr. The Kier molecular flexibility index (Phi) is 10.3. The first-order valence-electron chi connectivity index (χ1n) is 20.3. The van der Waals surface area contributed by atoms with E-state index in [1.165, 1.54) is 37.7 Å².